The van der Waals surface area contributed by atoms with Gasteiger partial charge in [-0.1, -0.05) is 0 Å². The van der Waals surface area contributed by atoms with Crippen molar-refractivity contribution in [2.24, 2.45) is 0 Å². The Morgan fingerprint density at radius 2 is 1.24 bits per heavy atom. The van der Waals surface area contributed by atoms with Crippen molar-refractivity contribution in [2.45, 2.75) is 0 Å². The van der Waals surface area contributed by atoms with Crippen LogP contribution < -0.4 is 15.7 Å². The summed E-state index contributed by atoms with van der Waals surface area (Å²) in [5, 5.41) is 5.54. The van der Waals surface area contributed by atoms with Gasteiger partial charge in [0.05, 0.1) is 0 Å². The average molecular weight is 345 g/mol. The van der Waals surface area contributed by atoms with Gasteiger partial charge in [-0.15, -0.1) is 0 Å². The normalized spacial score (nSPS) is 11.3. The van der Waals surface area contributed by atoms with Crippen molar-refractivity contribution in [3.8, 4) is 12.3 Å². The molecule has 0 unspecified atom stereocenters. The first-order valence-electron chi connectivity index (χ1n) is 8.18. The minimum absolute atomic E-state index is 0.0878. The van der Waals surface area contributed by atoms with Gasteiger partial charge in [0.2, 0.25) is 0 Å². The molecule has 3 rings (SSSR count). The molecule has 0 aliphatic rings. The van der Waals surface area contributed by atoms with Gasteiger partial charge in [0.1, 0.15) is 0 Å². The van der Waals surface area contributed by atoms with Gasteiger partial charge in [0.15, 0.2) is 0 Å². The third-order valence-corrected chi connectivity index (χ3v) is 8.29. The first-order chi connectivity index (χ1) is 12.3. The van der Waals surface area contributed by atoms with Crippen LogP contribution in [0.5, 0.6) is 0 Å². The maximum atomic E-state index is 12.9. The van der Waals surface area contributed by atoms with Gasteiger partial charge >= 0.3 is 149 Å². The van der Waals surface area contributed by atoms with E-state index < -0.39 is 7.41 Å². The molecule has 0 bridgehead atoms. The quantitative estimate of drug-likeness (QED) is 0.558. The molecular formula is C22H20NOP. The van der Waals surface area contributed by atoms with Gasteiger partial charge in [-0.2, -0.15) is 0 Å². The van der Waals surface area contributed by atoms with E-state index in [-0.39, 0.29) is 5.91 Å². The number of hydrogen-bond donors (Lipinski definition) is 1. The van der Waals surface area contributed by atoms with Gasteiger partial charge < -0.3 is 0 Å². The summed E-state index contributed by atoms with van der Waals surface area (Å²) in [5.74, 6) is 2.72. The van der Waals surface area contributed by atoms with E-state index in [0.717, 1.165) is 10.6 Å². The second kappa shape index (κ2) is 7.79. The molecule has 0 aliphatic heterocycles. The van der Waals surface area contributed by atoms with Crippen LogP contribution in [0, 0.1) is 12.3 Å². The topological polar surface area (TPSA) is 29.1 Å². The molecule has 3 heteroatoms. The number of hydrogen-bond acceptors (Lipinski definition) is 1. The zero-order valence-corrected chi connectivity index (χ0v) is 14.9. The van der Waals surface area contributed by atoms with Crippen LogP contribution in [0.15, 0.2) is 91.0 Å². The van der Waals surface area contributed by atoms with E-state index >= 15 is 0 Å². The van der Waals surface area contributed by atoms with Crippen molar-refractivity contribution in [1.82, 2.24) is 5.09 Å². The van der Waals surface area contributed by atoms with E-state index in [1.165, 1.54) is 0 Å². The maximum absolute atomic E-state index is 12.9. The molecule has 0 heterocycles. The zero-order valence-electron chi connectivity index (χ0n) is 13.9. The monoisotopic (exact) mass is 345 g/mol. The van der Waals surface area contributed by atoms with Gasteiger partial charge in [0, 0.05) is 0 Å². The molecule has 25 heavy (non-hydrogen) atoms. The standard InChI is InChI=1S/C22H20NOP/c1-2-18-25(20-14-8-4-9-15-20,21-16-10-5-11-17-21)23-22(24)19-12-6-3-7-13-19/h1,3-17,25H,18H2,(H,23,24). The Morgan fingerprint density at radius 3 is 1.68 bits per heavy atom. The van der Waals surface area contributed by atoms with Crippen molar-refractivity contribution in [2.75, 3.05) is 6.16 Å². The Morgan fingerprint density at radius 1 is 0.800 bits per heavy atom. The van der Waals surface area contributed by atoms with Crippen LogP contribution in [0.3, 0.4) is 0 Å². The fraction of sp³-hybridized carbons (Fsp3) is 0.0455. The molecule has 3 aromatic rings. The van der Waals surface area contributed by atoms with Gasteiger partial charge in [-0.05, 0) is 0 Å². The summed E-state index contributed by atoms with van der Waals surface area (Å²) in [4.78, 5) is 12.9. The summed E-state index contributed by atoms with van der Waals surface area (Å²) in [7, 11) is -2.63. The summed E-state index contributed by atoms with van der Waals surface area (Å²) in [5.41, 5.74) is 0.642. The van der Waals surface area contributed by atoms with Crippen LogP contribution in [-0.4, -0.2) is 12.1 Å². The van der Waals surface area contributed by atoms with Gasteiger partial charge in [0.25, 0.3) is 0 Å². The second-order valence-corrected chi connectivity index (χ2v) is 9.41. The Labute approximate surface area is 149 Å². The fourth-order valence-corrected chi connectivity index (χ4v) is 6.49. The fourth-order valence-electron chi connectivity index (χ4n) is 3.01. The Balaban J connectivity index is 2.11. The van der Waals surface area contributed by atoms with E-state index in [4.69, 9.17) is 6.42 Å². The number of terminal acetylenes is 1. The molecule has 0 aromatic heterocycles. The SMILES string of the molecule is C#CC[PH](NC(=O)c1ccccc1)(c1ccccc1)c1ccccc1. The molecule has 1 N–H and O–H groups in total. The van der Waals surface area contributed by atoms with E-state index in [0.29, 0.717) is 11.7 Å². The number of rotatable bonds is 5. The van der Waals surface area contributed by atoms with Crippen molar-refractivity contribution in [3.63, 3.8) is 0 Å². The number of amides is 1. The summed E-state index contributed by atoms with van der Waals surface area (Å²) in [6.45, 7) is 0. The molecule has 1 amide bonds. The van der Waals surface area contributed by atoms with Crippen LogP contribution in [0.25, 0.3) is 0 Å². The Kier molecular flexibility index (Phi) is 5.29. The van der Waals surface area contributed by atoms with E-state index in [9.17, 15) is 4.79 Å². The molecule has 3 aromatic carbocycles. The molecule has 2 nitrogen and oxygen atoms in total. The number of nitrogens with one attached hydrogen (secondary N) is 1. The van der Waals surface area contributed by atoms with E-state index in [1.54, 1.807) is 0 Å². The molecule has 0 saturated carbocycles. The minimum atomic E-state index is -2.63. The molecule has 0 fully saturated rings. The van der Waals surface area contributed by atoms with Crippen LogP contribution in [0.1, 0.15) is 10.4 Å². The summed E-state index contributed by atoms with van der Waals surface area (Å²) in [6.07, 6.45) is 6.24. The number of benzene rings is 3. The summed E-state index contributed by atoms with van der Waals surface area (Å²) in [6, 6.07) is 29.4. The zero-order chi connectivity index (χ0) is 17.5. The predicted molar refractivity (Wildman–Crippen MR) is 108 cm³/mol. The second-order valence-electron chi connectivity index (χ2n) is 5.84. The predicted octanol–water partition coefficient (Wildman–Crippen LogP) is 3.37. The number of carbonyl (C=O) groups is 1. The van der Waals surface area contributed by atoms with Gasteiger partial charge in [-0.25, -0.2) is 0 Å². The van der Waals surface area contributed by atoms with Crippen LogP contribution in [0.2, 0.25) is 0 Å². The molecule has 0 saturated heterocycles. The average Bonchev–Trinajstić information content (AvgIpc) is 2.69. The van der Waals surface area contributed by atoms with Crippen molar-refractivity contribution >= 4 is 23.9 Å². The van der Waals surface area contributed by atoms with Crippen molar-refractivity contribution < 1.29 is 4.79 Å². The first kappa shape index (κ1) is 17.0. The molecule has 0 radical (unpaired) electrons. The first-order valence-corrected chi connectivity index (χ1v) is 10.4. The molecule has 0 spiro atoms. The molecule has 0 aliphatic carbocycles. The van der Waals surface area contributed by atoms with E-state index in [2.05, 4.69) is 35.3 Å². The Bertz CT molecular complexity index is 831. The van der Waals surface area contributed by atoms with Crippen LogP contribution >= 0.6 is 7.41 Å². The Hall–Kier alpha value is -2.88. The molecule has 0 atom stereocenters. The van der Waals surface area contributed by atoms with Gasteiger partial charge in [-0.3, -0.25) is 0 Å². The molecule has 124 valence electrons. The van der Waals surface area contributed by atoms with E-state index in [1.807, 2.05) is 66.7 Å². The summed E-state index contributed by atoms with van der Waals surface area (Å²) >= 11 is 0. The third-order valence-electron chi connectivity index (χ3n) is 4.26. The summed E-state index contributed by atoms with van der Waals surface area (Å²) < 4.78 is 0. The third kappa shape index (κ3) is 3.63. The van der Waals surface area contributed by atoms with Crippen molar-refractivity contribution in [1.29, 1.82) is 0 Å². The number of carbonyl (C=O) groups excluding carboxylic acids is 1. The molecular weight excluding hydrogens is 325 g/mol. The van der Waals surface area contributed by atoms with Crippen LogP contribution in [0.4, 0.5) is 0 Å². The van der Waals surface area contributed by atoms with Crippen molar-refractivity contribution in [3.05, 3.63) is 96.6 Å². The van der Waals surface area contributed by atoms with Crippen LogP contribution in [-0.2, 0) is 0 Å².